The molecule has 0 fully saturated rings. The van der Waals surface area contributed by atoms with Gasteiger partial charge in [0.15, 0.2) is 0 Å². The Morgan fingerprint density at radius 2 is 1.94 bits per heavy atom. The number of rotatable bonds is 6. The minimum Gasteiger partial charge on any atom is -0.393 e. The molecule has 0 heterocycles. The molecule has 0 bridgehead atoms. The molecule has 0 spiro atoms. The molecule has 2 unspecified atom stereocenters. The van der Waals surface area contributed by atoms with Crippen molar-refractivity contribution in [2.24, 2.45) is 0 Å². The molecule has 2 atom stereocenters. The van der Waals surface area contributed by atoms with Gasteiger partial charge in [-0.1, -0.05) is 37.3 Å². The van der Waals surface area contributed by atoms with Crippen LogP contribution < -0.4 is 5.32 Å². The topological polar surface area (TPSA) is 52.5 Å². The smallest absolute Gasteiger partial charge is 0.0972 e. The third-order valence-electron chi connectivity index (χ3n) is 2.67. The van der Waals surface area contributed by atoms with Gasteiger partial charge in [0.25, 0.3) is 0 Å². The largest absolute Gasteiger partial charge is 0.393 e. The fourth-order valence-electron chi connectivity index (χ4n) is 1.51. The van der Waals surface area contributed by atoms with E-state index >= 15 is 0 Å². The van der Waals surface area contributed by atoms with Crippen molar-refractivity contribution in [3.05, 3.63) is 35.9 Å². The summed E-state index contributed by atoms with van der Waals surface area (Å²) in [5.41, 5.74) is 0.245. The Morgan fingerprint density at radius 3 is 2.50 bits per heavy atom. The SMILES string of the molecule is CC(CNCC(C)(O)CO)c1ccccc1. The Balaban J connectivity index is 2.34. The van der Waals surface area contributed by atoms with Gasteiger partial charge >= 0.3 is 0 Å². The monoisotopic (exact) mass is 223 g/mol. The maximum atomic E-state index is 9.59. The number of aliphatic hydroxyl groups is 2. The molecule has 3 N–H and O–H groups in total. The van der Waals surface area contributed by atoms with Crippen LogP contribution in [0, 0.1) is 0 Å². The molecule has 0 radical (unpaired) electrons. The highest BCUT2D eigenvalue weighted by Gasteiger charge is 2.18. The van der Waals surface area contributed by atoms with Crippen molar-refractivity contribution >= 4 is 0 Å². The van der Waals surface area contributed by atoms with Crippen LogP contribution in [-0.4, -0.2) is 35.5 Å². The van der Waals surface area contributed by atoms with Crippen LogP contribution in [-0.2, 0) is 0 Å². The summed E-state index contributed by atoms with van der Waals surface area (Å²) >= 11 is 0. The zero-order valence-electron chi connectivity index (χ0n) is 9.98. The Kier molecular flexibility index (Phi) is 4.93. The zero-order valence-corrected chi connectivity index (χ0v) is 9.98. The molecule has 0 saturated carbocycles. The predicted molar refractivity (Wildman–Crippen MR) is 65.4 cm³/mol. The summed E-state index contributed by atoms with van der Waals surface area (Å²) in [5, 5.41) is 21.6. The molecular formula is C13H21NO2. The fraction of sp³-hybridized carbons (Fsp3) is 0.538. The average molecular weight is 223 g/mol. The minimum absolute atomic E-state index is 0.223. The van der Waals surface area contributed by atoms with Crippen LogP contribution in [0.5, 0.6) is 0 Å². The lowest BCUT2D eigenvalue weighted by atomic mass is 10.0. The molecule has 3 heteroatoms. The van der Waals surface area contributed by atoms with E-state index in [1.165, 1.54) is 5.56 Å². The summed E-state index contributed by atoms with van der Waals surface area (Å²) in [6.45, 7) is 4.73. The van der Waals surface area contributed by atoms with Gasteiger partial charge in [0.2, 0.25) is 0 Å². The van der Waals surface area contributed by atoms with Crippen LogP contribution >= 0.6 is 0 Å². The van der Waals surface area contributed by atoms with Gasteiger partial charge in [0, 0.05) is 13.1 Å². The summed E-state index contributed by atoms with van der Waals surface area (Å²) in [6, 6.07) is 10.2. The van der Waals surface area contributed by atoms with Crippen LogP contribution in [0.25, 0.3) is 0 Å². The van der Waals surface area contributed by atoms with E-state index in [1.54, 1.807) is 6.92 Å². The lowest BCUT2D eigenvalue weighted by molar-refractivity contribution is 0.00273. The molecule has 0 saturated heterocycles. The van der Waals surface area contributed by atoms with E-state index in [0.717, 1.165) is 6.54 Å². The maximum Gasteiger partial charge on any atom is 0.0972 e. The molecule has 0 amide bonds. The highest BCUT2D eigenvalue weighted by Crippen LogP contribution is 2.13. The van der Waals surface area contributed by atoms with Crippen molar-refractivity contribution in [2.75, 3.05) is 19.7 Å². The predicted octanol–water partition coefficient (Wildman–Crippen LogP) is 1.12. The first-order valence-electron chi connectivity index (χ1n) is 5.64. The summed E-state index contributed by atoms with van der Waals surface area (Å²) in [4.78, 5) is 0. The number of benzene rings is 1. The van der Waals surface area contributed by atoms with Crippen LogP contribution in [0.3, 0.4) is 0 Å². The van der Waals surface area contributed by atoms with Gasteiger partial charge in [-0.2, -0.15) is 0 Å². The summed E-state index contributed by atoms with van der Waals surface area (Å²) in [6.07, 6.45) is 0. The Labute approximate surface area is 97.1 Å². The average Bonchev–Trinajstić information content (AvgIpc) is 2.30. The number of hydrogen-bond acceptors (Lipinski definition) is 3. The quantitative estimate of drug-likeness (QED) is 0.677. The second-order valence-electron chi connectivity index (χ2n) is 4.60. The molecule has 0 aliphatic rings. The summed E-state index contributed by atoms with van der Waals surface area (Å²) in [5.74, 6) is 0.399. The molecule has 90 valence electrons. The third-order valence-corrected chi connectivity index (χ3v) is 2.67. The van der Waals surface area contributed by atoms with E-state index in [2.05, 4.69) is 24.4 Å². The van der Waals surface area contributed by atoms with E-state index in [4.69, 9.17) is 5.11 Å². The van der Waals surface area contributed by atoms with E-state index in [-0.39, 0.29) is 6.61 Å². The minimum atomic E-state index is -1.03. The van der Waals surface area contributed by atoms with Crippen molar-refractivity contribution < 1.29 is 10.2 Å². The second-order valence-corrected chi connectivity index (χ2v) is 4.60. The van der Waals surface area contributed by atoms with Gasteiger partial charge in [-0.15, -0.1) is 0 Å². The van der Waals surface area contributed by atoms with Crippen LogP contribution in [0.1, 0.15) is 25.3 Å². The van der Waals surface area contributed by atoms with E-state index in [0.29, 0.717) is 12.5 Å². The number of aliphatic hydroxyl groups excluding tert-OH is 1. The maximum absolute atomic E-state index is 9.59. The van der Waals surface area contributed by atoms with E-state index < -0.39 is 5.60 Å². The van der Waals surface area contributed by atoms with Gasteiger partial charge in [-0.25, -0.2) is 0 Å². The molecule has 1 aromatic carbocycles. The van der Waals surface area contributed by atoms with Gasteiger partial charge in [0.1, 0.15) is 0 Å². The molecular weight excluding hydrogens is 202 g/mol. The van der Waals surface area contributed by atoms with Gasteiger partial charge in [-0.3, -0.25) is 0 Å². The fourth-order valence-corrected chi connectivity index (χ4v) is 1.51. The molecule has 3 nitrogen and oxygen atoms in total. The summed E-state index contributed by atoms with van der Waals surface area (Å²) in [7, 11) is 0. The van der Waals surface area contributed by atoms with Crippen molar-refractivity contribution in [1.29, 1.82) is 0 Å². The highest BCUT2D eigenvalue weighted by atomic mass is 16.3. The van der Waals surface area contributed by atoms with Gasteiger partial charge in [-0.05, 0) is 18.4 Å². The Morgan fingerprint density at radius 1 is 1.31 bits per heavy atom. The zero-order chi connectivity index (χ0) is 12.0. The van der Waals surface area contributed by atoms with Crippen molar-refractivity contribution in [3.63, 3.8) is 0 Å². The number of hydrogen-bond donors (Lipinski definition) is 3. The lowest BCUT2D eigenvalue weighted by Crippen LogP contribution is -2.41. The summed E-state index contributed by atoms with van der Waals surface area (Å²) < 4.78 is 0. The second kappa shape index (κ2) is 5.99. The molecule has 16 heavy (non-hydrogen) atoms. The normalized spacial score (nSPS) is 16.8. The van der Waals surface area contributed by atoms with E-state index in [9.17, 15) is 5.11 Å². The highest BCUT2D eigenvalue weighted by molar-refractivity contribution is 5.18. The molecule has 1 aromatic rings. The molecule has 0 aromatic heterocycles. The molecule has 1 rings (SSSR count). The van der Waals surface area contributed by atoms with Crippen LogP contribution in [0.2, 0.25) is 0 Å². The third kappa shape index (κ3) is 4.31. The van der Waals surface area contributed by atoms with Crippen molar-refractivity contribution in [2.45, 2.75) is 25.4 Å². The van der Waals surface area contributed by atoms with Gasteiger partial charge < -0.3 is 15.5 Å². The first-order chi connectivity index (χ1) is 7.55. The van der Waals surface area contributed by atoms with Gasteiger partial charge in [0.05, 0.1) is 12.2 Å². The van der Waals surface area contributed by atoms with Crippen molar-refractivity contribution in [3.8, 4) is 0 Å². The Bertz CT molecular complexity index is 298. The molecule has 0 aliphatic heterocycles. The molecule has 0 aliphatic carbocycles. The first kappa shape index (κ1) is 13.2. The van der Waals surface area contributed by atoms with Crippen molar-refractivity contribution in [1.82, 2.24) is 5.32 Å². The standard InChI is InChI=1S/C13H21NO2/c1-11(12-6-4-3-5-7-12)8-14-9-13(2,16)10-15/h3-7,11,14-16H,8-10H2,1-2H3. The van der Waals surface area contributed by atoms with Crippen LogP contribution in [0.4, 0.5) is 0 Å². The van der Waals surface area contributed by atoms with E-state index in [1.807, 2.05) is 18.2 Å². The van der Waals surface area contributed by atoms with Crippen LogP contribution in [0.15, 0.2) is 30.3 Å². The lowest BCUT2D eigenvalue weighted by Gasteiger charge is -2.22. The number of nitrogens with one attached hydrogen (secondary N) is 1. The Hall–Kier alpha value is -0.900. The first-order valence-corrected chi connectivity index (χ1v) is 5.64.